The zero-order valence-electron chi connectivity index (χ0n) is 18.0. The van der Waals surface area contributed by atoms with Gasteiger partial charge in [-0.3, -0.25) is 14.4 Å². The predicted octanol–water partition coefficient (Wildman–Crippen LogP) is 2.19. The molecule has 0 spiro atoms. The molecule has 2 aromatic carbocycles. The lowest BCUT2D eigenvalue weighted by atomic mass is 10.0. The van der Waals surface area contributed by atoms with Gasteiger partial charge in [-0.25, -0.2) is 0 Å². The summed E-state index contributed by atoms with van der Waals surface area (Å²) in [6, 6.07) is 17.6. The third-order valence-electron chi connectivity index (χ3n) is 5.26. The van der Waals surface area contributed by atoms with Gasteiger partial charge in [0.15, 0.2) is 6.61 Å². The van der Waals surface area contributed by atoms with Gasteiger partial charge in [0.2, 0.25) is 5.91 Å². The molecule has 31 heavy (non-hydrogen) atoms. The van der Waals surface area contributed by atoms with Crippen LogP contribution in [0.1, 0.15) is 24.2 Å². The summed E-state index contributed by atoms with van der Waals surface area (Å²) in [4.78, 5) is 41.5. The lowest BCUT2D eigenvalue weighted by molar-refractivity contribution is -0.139. The number of carbonyl (C=O) groups excluding carboxylic acids is 3. The molecule has 1 heterocycles. The molecule has 3 amide bonds. The maximum absolute atomic E-state index is 13.1. The van der Waals surface area contributed by atoms with E-state index in [9.17, 15) is 14.4 Å². The second-order valence-electron chi connectivity index (χ2n) is 7.87. The molecule has 7 nitrogen and oxygen atoms in total. The van der Waals surface area contributed by atoms with Crippen molar-refractivity contribution in [3.8, 4) is 5.75 Å². The fourth-order valence-corrected chi connectivity index (χ4v) is 3.48. The molecular formula is C24H29N3O4. The number of rotatable bonds is 7. The van der Waals surface area contributed by atoms with E-state index in [-0.39, 0.29) is 30.2 Å². The number of nitrogens with zero attached hydrogens (tertiary/aromatic N) is 2. The number of nitrogens with one attached hydrogen (secondary N) is 1. The molecule has 0 aliphatic carbocycles. The van der Waals surface area contributed by atoms with E-state index in [4.69, 9.17) is 4.74 Å². The highest BCUT2D eigenvalue weighted by Gasteiger charge is 2.31. The minimum Gasteiger partial charge on any atom is -0.484 e. The second kappa shape index (κ2) is 10.6. The van der Waals surface area contributed by atoms with Crippen LogP contribution < -0.4 is 10.1 Å². The summed E-state index contributed by atoms with van der Waals surface area (Å²) >= 11 is 0. The second-order valence-corrected chi connectivity index (χ2v) is 7.87. The van der Waals surface area contributed by atoms with Crippen LogP contribution in [0.5, 0.6) is 5.75 Å². The predicted molar refractivity (Wildman–Crippen MR) is 118 cm³/mol. The first-order valence-corrected chi connectivity index (χ1v) is 10.6. The molecule has 0 aromatic heterocycles. The van der Waals surface area contributed by atoms with Crippen LogP contribution in [0.15, 0.2) is 60.7 Å². The van der Waals surface area contributed by atoms with E-state index in [0.717, 1.165) is 0 Å². The van der Waals surface area contributed by atoms with Crippen molar-refractivity contribution in [3.05, 3.63) is 66.2 Å². The molecule has 164 valence electrons. The number of para-hydroxylation sites is 1. The van der Waals surface area contributed by atoms with Crippen LogP contribution in [0.3, 0.4) is 0 Å². The molecule has 1 N–H and O–H groups in total. The van der Waals surface area contributed by atoms with Crippen molar-refractivity contribution in [2.75, 3.05) is 32.8 Å². The minimum absolute atomic E-state index is 0.0283. The van der Waals surface area contributed by atoms with Crippen molar-refractivity contribution in [3.63, 3.8) is 0 Å². The number of ether oxygens (including phenoxy) is 1. The molecule has 0 bridgehead atoms. The Balaban J connectivity index is 1.52. The van der Waals surface area contributed by atoms with Crippen molar-refractivity contribution in [1.82, 2.24) is 15.1 Å². The molecule has 3 rings (SSSR count). The molecule has 1 saturated heterocycles. The Kier molecular flexibility index (Phi) is 7.65. The number of hydrogen-bond acceptors (Lipinski definition) is 4. The van der Waals surface area contributed by atoms with E-state index in [2.05, 4.69) is 5.32 Å². The van der Waals surface area contributed by atoms with Crippen molar-refractivity contribution >= 4 is 17.7 Å². The van der Waals surface area contributed by atoms with Crippen LogP contribution >= 0.6 is 0 Å². The van der Waals surface area contributed by atoms with Gasteiger partial charge in [0.1, 0.15) is 11.8 Å². The third-order valence-corrected chi connectivity index (χ3v) is 5.26. The normalized spacial score (nSPS) is 14.8. The maximum Gasteiger partial charge on any atom is 0.258 e. The van der Waals surface area contributed by atoms with Crippen LogP contribution in [0.2, 0.25) is 0 Å². The van der Waals surface area contributed by atoms with E-state index < -0.39 is 6.04 Å². The highest BCUT2D eigenvalue weighted by atomic mass is 16.5. The molecule has 1 atom stereocenters. The molecule has 1 fully saturated rings. The first kappa shape index (κ1) is 22.3. The van der Waals surface area contributed by atoms with Gasteiger partial charge in [-0.2, -0.15) is 0 Å². The lowest BCUT2D eigenvalue weighted by Gasteiger charge is -2.37. The molecular weight excluding hydrogens is 394 g/mol. The number of benzene rings is 2. The number of piperazine rings is 1. The van der Waals surface area contributed by atoms with E-state index in [1.807, 2.05) is 50.2 Å². The minimum atomic E-state index is -0.636. The summed E-state index contributed by atoms with van der Waals surface area (Å²) in [5, 5.41) is 2.81. The molecule has 1 aliphatic heterocycles. The Labute approximate surface area is 183 Å². The summed E-state index contributed by atoms with van der Waals surface area (Å²) in [7, 11) is 0. The highest BCUT2D eigenvalue weighted by molar-refractivity contribution is 5.94. The summed E-state index contributed by atoms with van der Waals surface area (Å²) in [5.41, 5.74) is 0.646. The molecule has 2 aromatic rings. The molecule has 0 radical (unpaired) electrons. The average Bonchev–Trinajstić information content (AvgIpc) is 2.81. The summed E-state index contributed by atoms with van der Waals surface area (Å²) in [6.07, 6.45) is 0. The average molecular weight is 424 g/mol. The van der Waals surface area contributed by atoms with E-state index >= 15 is 0 Å². The first-order chi connectivity index (χ1) is 15.0. The van der Waals surface area contributed by atoms with Gasteiger partial charge in [-0.1, -0.05) is 50.2 Å². The smallest absolute Gasteiger partial charge is 0.258 e. The van der Waals surface area contributed by atoms with Crippen molar-refractivity contribution in [2.24, 2.45) is 5.92 Å². The van der Waals surface area contributed by atoms with Gasteiger partial charge in [-0.15, -0.1) is 0 Å². The van der Waals surface area contributed by atoms with Crippen molar-refractivity contribution in [1.29, 1.82) is 0 Å². The number of carbonyl (C=O) groups is 3. The Morgan fingerprint density at radius 2 is 1.42 bits per heavy atom. The molecule has 0 unspecified atom stereocenters. The van der Waals surface area contributed by atoms with Crippen LogP contribution in [0, 0.1) is 5.92 Å². The Morgan fingerprint density at radius 1 is 0.871 bits per heavy atom. The summed E-state index contributed by atoms with van der Waals surface area (Å²) in [5.74, 6) is 0.0320. The monoisotopic (exact) mass is 423 g/mol. The summed E-state index contributed by atoms with van der Waals surface area (Å²) < 4.78 is 5.47. The SMILES string of the molecule is CC(C)[C@H](NC(=O)COc1ccccc1)C(=O)N1CCN(C(=O)c2ccccc2)CC1. The maximum atomic E-state index is 13.1. The topological polar surface area (TPSA) is 79.0 Å². The molecule has 0 saturated carbocycles. The van der Waals surface area contributed by atoms with E-state index in [1.165, 1.54) is 0 Å². The third kappa shape index (κ3) is 6.07. The quantitative estimate of drug-likeness (QED) is 0.741. The fourth-order valence-electron chi connectivity index (χ4n) is 3.48. The Hall–Kier alpha value is -3.35. The van der Waals surface area contributed by atoms with Crippen molar-refractivity contribution < 1.29 is 19.1 Å². The van der Waals surface area contributed by atoms with Crippen LogP contribution in [-0.2, 0) is 9.59 Å². The van der Waals surface area contributed by atoms with Crippen LogP contribution in [0.4, 0.5) is 0 Å². The fraction of sp³-hybridized carbons (Fsp3) is 0.375. The number of hydrogen-bond donors (Lipinski definition) is 1. The standard InChI is InChI=1S/C24H29N3O4/c1-18(2)22(25-21(28)17-31-20-11-7-4-8-12-20)24(30)27-15-13-26(14-16-27)23(29)19-9-5-3-6-10-19/h3-12,18,22H,13-17H2,1-2H3,(H,25,28)/t22-/m0/s1. The van der Waals surface area contributed by atoms with E-state index in [1.54, 1.807) is 34.1 Å². The summed E-state index contributed by atoms with van der Waals surface area (Å²) in [6.45, 7) is 5.46. The zero-order valence-corrected chi connectivity index (χ0v) is 18.0. The van der Waals surface area contributed by atoms with Gasteiger partial charge in [0.25, 0.3) is 11.8 Å². The van der Waals surface area contributed by atoms with Crippen molar-refractivity contribution in [2.45, 2.75) is 19.9 Å². The Bertz CT molecular complexity index is 878. The van der Waals surface area contributed by atoms with Crippen LogP contribution in [-0.4, -0.2) is 66.3 Å². The van der Waals surface area contributed by atoms with Gasteiger partial charge < -0.3 is 19.9 Å². The first-order valence-electron chi connectivity index (χ1n) is 10.6. The largest absolute Gasteiger partial charge is 0.484 e. The molecule has 7 heteroatoms. The molecule has 1 aliphatic rings. The highest BCUT2D eigenvalue weighted by Crippen LogP contribution is 2.13. The van der Waals surface area contributed by atoms with Gasteiger partial charge in [0, 0.05) is 31.7 Å². The lowest BCUT2D eigenvalue weighted by Crippen LogP contribution is -2.57. The Morgan fingerprint density at radius 3 is 2.00 bits per heavy atom. The number of amides is 3. The van der Waals surface area contributed by atoms with Gasteiger partial charge in [0.05, 0.1) is 0 Å². The van der Waals surface area contributed by atoms with Gasteiger partial charge in [-0.05, 0) is 30.2 Å². The van der Waals surface area contributed by atoms with E-state index in [0.29, 0.717) is 37.5 Å². The van der Waals surface area contributed by atoms with Crippen LogP contribution in [0.25, 0.3) is 0 Å². The van der Waals surface area contributed by atoms with Gasteiger partial charge >= 0.3 is 0 Å². The zero-order chi connectivity index (χ0) is 22.2.